The Balaban J connectivity index is 2.62. The highest BCUT2D eigenvalue weighted by Gasteiger charge is 2.20. The second kappa shape index (κ2) is 6.02. The lowest BCUT2D eigenvalue weighted by Crippen LogP contribution is -2.43. The topological polar surface area (TPSA) is 24.1 Å². The largest absolute Gasteiger partial charge is 0.359 e. The van der Waals surface area contributed by atoms with Gasteiger partial charge < -0.3 is 10.6 Å². The number of halogens is 1. The molecule has 2 nitrogen and oxygen atoms in total. The Hall–Kier alpha value is -0.610. The van der Waals surface area contributed by atoms with Gasteiger partial charge in [0.1, 0.15) is 0 Å². The molecule has 100 valence electrons. The molecule has 1 aromatic carbocycles. The first-order valence-electron chi connectivity index (χ1n) is 6.04. The Morgan fingerprint density at radius 2 is 1.94 bits per heavy atom. The van der Waals surface area contributed by atoms with Crippen molar-refractivity contribution in [3.8, 4) is 0 Å². The summed E-state index contributed by atoms with van der Waals surface area (Å²) in [7, 11) is 0. The normalized spacial score (nSPS) is 13.0. The van der Waals surface area contributed by atoms with Gasteiger partial charge in [0.2, 0.25) is 0 Å². The molecule has 0 aromatic heterocycles. The maximum Gasteiger partial charge on any atom is 0.171 e. The van der Waals surface area contributed by atoms with Crippen LogP contribution in [-0.4, -0.2) is 11.2 Å². The SMILES string of the molecule is Cc1cc(NC(=S)NC(C)C(C)(C)C)ccc1Br. The number of hydrogen-bond donors (Lipinski definition) is 2. The van der Waals surface area contributed by atoms with Crippen LogP contribution in [0.3, 0.4) is 0 Å². The quantitative estimate of drug-likeness (QED) is 0.783. The fraction of sp³-hybridized carbons (Fsp3) is 0.500. The highest BCUT2D eigenvalue weighted by molar-refractivity contribution is 9.10. The van der Waals surface area contributed by atoms with Crippen LogP contribution >= 0.6 is 28.1 Å². The zero-order valence-corrected chi connectivity index (χ0v) is 14.0. The van der Waals surface area contributed by atoms with Gasteiger partial charge in [-0.1, -0.05) is 36.7 Å². The number of nitrogens with one attached hydrogen (secondary N) is 2. The molecule has 2 N–H and O–H groups in total. The monoisotopic (exact) mass is 328 g/mol. The molecule has 0 spiro atoms. The van der Waals surface area contributed by atoms with Crippen molar-refractivity contribution < 1.29 is 0 Å². The summed E-state index contributed by atoms with van der Waals surface area (Å²) in [5.41, 5.74) is 2.38. The van der Waals surface area contributed by atoms with Crippen LogP contribution in [-0.2, 0) is 0 Å². The Labute approximate surface area is 124 Å². The van der Waals surface area contributed by atoms with Gasteiger partial charge >= 0.3 is 0 Å². The van der Waals surface area contributed by atoms with E-state index in [1.807, 2.05) is 12.1 Å². The fourth-order valence-electron chi connectivity index (χ4n) is 1.30. The lowest BCUT2D eigenvalue weighted by molar-refractivity contribution is 0.317. The molecule has 0 aliphatic heterocycles. The molecule has 0 saturated heterocycles. The maximum atomic E-state index is 5.32. The molecule has 0 heterocycles. The lowest BCUT2D eigenvalue weighted by Gasteiger charge is -2.29. The predicted molar refractivity (Wildman–Crippen MR) is 87.2 cm³/mol. The summed E-state index contributed by atoms with van der Waals surface area (Å²) in [6, 6.07) is 6.41. The summed E-state index contributed by atoms with van der Waals surface area (Å²) < 4.78 is 1.11. The minimum absolute atomic E-state index is 0.182. The van der Waals surface area contributed by atoms with Crippen molar-refractivity contribution in [2.75, 3.05) is 5.32 Å². The van der Waals surface area contributed by atoms with Crippen molar-refractivity contribution in [2.45, 2.75) is 40.7 Å². The summed E-state index contributed by atoms with van der Waals surface area (Å²) in [4.78, 5) is 0. The summed E-state index contributed by atoms with van der Waals surface area (Å²) in [6.45, 7) is 10.8. The summed E-state index contributed by atoms with van der Waals surface area (Å²) in [5, 5.41) is 7.19. The molecular formula is C14H21BrN2S. The molecule has 0 aliphatic rings. The van der Waals surface area contributed by atoms with E-state index in [0.29, 0.717) is 11.2 Å². The van der Waals surface area contributed by atoms with E-state index in [1.165, 1.54) is 5.56 Å². The summed E-state index contributed by atoms with van der Waals surface area (Å²) >= 11 is 8.81. The third-order valence-electron chi connectivity index (χ3n) is 3.06. The summed E-state index contributed by atoms with van der Waals surface area (Å²) in [5.74, 6) is 0. The highest BCUT2D eigenvalue weighted by atomic mass is 79.9. The molecule has 0 radical (unpaired) electrons. The number of benzene rings is 1. The van der Waals surface area contributed by atoms with Gasteiger partial charge in [-0.25, -0.2) is 0 Å². The average Bonchev–Trinajstić information content (AvgIpc) is 2.22. The Morgan fingerprint density at radius 3 is 2.44 bits per heavy atom. The van der Waals surface area contributed by atoms with Crippen molar-refractivity contribution in [1.82, 2.24) is 5.32 Å². The fourth-order valence-corrected chi connectivity index (χ4v) is 1.84. The molecule has 0 bridgehead atoms. The van der Waals surface area contributed by atoms with Crippen LogP contribution in [0.2, 0.25) is 0 Å². The van der Waals surface area contributed by atoms with E-state index in [0.717, 1.165) is 10.2 Å². The summed E-state index contributed by atoms with van der Waals surface area (Å²) in [6.07, 6.45) is 0. The van der Waals surface area contributed by atoms with E-state index in [1.54, 1.807) is 0 Å². The third-order valence-corrected chi connectivity index (χ3v) is 4.17. The van der Waals surface area contributed by atoms with Crippen LogP contribution in [0.5, 0.6) is 0 Å². The van der Waals surface area contributed by atoms with Crippen molar-refractivity contribution in [3.05, 3.63) is 28.2 Å². The Kier molecular flexibility index (Phi) is 5.17. The molecule has 0 fully saturated rings. The molecule has 18 heavy (non-hydrogen) atoms. The van der Waals surface area contributed by atoms with Gasteiger partial charge in [-0.05, 0) is 55.2 Å². The smallest absolute Gasteiger partial charge is 0.171 e. The molecule has 1 atom stereocenters. The van der Waals surface area contributed by atoms with Crippen LogP contribution in [0, 0.1) is 12.3 Å². The maximum absolute atomic E-state index is 5.32. The van der Waals surface area contributed by atoms with E-state index in [-0.39, 0.29) is 5.41 Å². The molecule has 0 saturated carbocycles. The Morgan fingerprint density at radius 1 is 1.33 bits per heavy atom. The van der Waals surface area contributed by atoms with E-state index in [2.05, 4.69) is 67.2 Å². The molecular weight excluding hydrogens is 308 g/mol. The van der Waals surface area contributed by atoms with Crippen molar-refractivity contribution >= 4 is 38.9 Å². The number of aryl methyl sites for hydroxylation is 1. The third kappa shape index (κ3) is 4.58. The predicted octanol–water partition coefficient (Wildman–Crippen LogP) is 4.48. The molecule has 1 rings (SSSR count). The minimum Gasteiger partial charge on any atom is -0.359 e. The molecule has 0 amide bonds. The van der Waals surface area contributed by atoms with Gasteiger partial charge in [0, 0.05) is 16.2 Å². The zero-order chi connectivity index (χ0) is 13.9. The number of hydrogen-bond acceptors (Lipinski definition) is 1. The van der Waals surface area contributed by atoms with E-state index in [4.69, 9.17) is 12.2 Å². The lowest BCUT2D eigenvalue weighted by atomic mass is 9.88. The number of rotatable bonds is 2. The molecule has 4 heteroatoms. The van der Waals surface area contributed by atoms with Crippen LogP contribution < -0.4 is 10.6 Å². The molecule has 0 aliphatic carbocycles. The second-order valence-corrected chi connectivity index (χ2v) is 6.91. The Bertz CT molecular complexity index is 438. The standard InChI is InChI=1S/C14H21BrN2S/c1-9-8-11(6-7-12(9)15)17-13(18)16-10(2)14(3,4)5/h6-8,10H,1-5H3,(H2,16,17,18). The zero-order valence-electron chi connectivity index (χ0n) is 11.6. The van der Waals surface area contributed by atoms with Crippen molar-refractivity contribution in [2.24, 2.45) is 5.41 Å². The first kappa shape index (κ1) is 15.4. The first-order valence-corrected chi connectivity index (χ1v) is 7.24. The van der Waals surface area contributed by atoms with Gasteiger partial charge in [0.05, 0.1) is 0 Å². The minimum atomic E-state index is 0.182. The van der Waals surface area contributed by atoms with E-state index < -0.39 is 0 Å². The second-order valence-electron chi connectivity index (χ2n) is 5.65. The van der Waals surface area contributed by atoms with Gasteiger partial charge in [-0.2, -0.15) is 0 Å². The highest BCUT2D eigenvalue weighted by Crippen LogP contribution is 2.21. The van der Waals surface area contributed by atoms with Gasteiger partial charge in [-0.15, -0.1) is 0 Å². The van der Waals surface area contributed by atoms with Crippen LogP contribution in [0.15, 0.2) is 22.7 Å². The van der Waals surface area contributed by atoms with Crippen LogP contribution in [0.1, 0.15) is 33.3 Å². The van der Waals surface area contributed by atoms with Gasteiger partial charge in [-0.3, -0.25) is 0 Å². The van der Waals surface area contributed by atoms with Gasteiger partial charge in [0.15, 0.2) is 5.11 Å². The number of thiocarbonyl (C=S) groups is 1. The molecule has 1 aromatic rings. The number of anilines is 1. The van der Waals surface area contributed by atoms with Crippen molar-refractivity contribution in [3.63, 3.8) is 0 Å². The van der Waals surface area contributed by atoms with Crippen molar-refractivity contribution in [1.29, 1.82) is 0 Å². The average molecular weight is 329 g/mol. The van der Waals surface area contributed by atoms with E-state index >= 15 is 0 Å². The van der Waals surface area contributed by atoms with Gasteiger partial charge in [0.25, 0.3) is 0 Å². The first-order chi connectivity index (χ1) is 8.20. The van der Waals surface area contributed by atoms with Crippen LogP contribution in [0.25, 0.3) is 0 Å². The molecule has 1 unspecified atom stereocenters. The van der Waals surface area contributed by atoms with E-state index in [9.17, 15) is 0 Å². The van der Waals surface area contributed by atoms with Crippen LogP contribution in [0.4, 0.5) is 5.69 Å².